The maximum absolute atomic E-state index is 5.89. The third-order valence-corrected chi connectivity index (χ3v) is 2.12. The van der Waals surface area contributed by atoms with Gasteiger partial charge in [-0.1, -0.05) is 17.7 Å². The van der Waals surface area contributed by atoms with Crippen molar-refractivity contribution in [2.24, 2.45) is 11.5 Å². The lowest BCUT2D eigenvalue weighted by molar-refractivity contribution is 0.334. The van der Waals surface area contributed by atoms with Gasteiger partial charge in [0.1, 0.15) is 5.75 Å². The highest BCUT2D eigenvalue weighted by atomic mass is 16.5. The Kier molecular flexibility index (Phi) is 3.92. The molecule has 1 rings (SSSR count). The summed E-state index contributed by atoms with van der Waals surface area (Å²) in [6.45, 7) is 5.07. The Hall–Kier alpha value is -1.06. The Morgan fingerprint density at radius 2 is 2.14 bits per heavy atom. The first-order valence-corrected chi connectivity index (χ1v) is 4.88. The molecule has 0 aliphatic carbocycles. The standard InChI is InChI=1S/C11H18N2O/c1-3-14-11-5-4-8(2)6-9(11)10(13)7-12/h4-6,10H,3,7,12-13H2,1-2H3. The van der Waals surface area contributed by atoms with Crippen molar-refractivity contribution in [1.82, 2.24) is 0 Å². The number of hydrogen-bond donors (Lipinski definition) is 2. The molecule has 0 saturated carbocycles. The highest BCUT2D eigenvalue weighted by Crippen LogP contribution is 2.24. The lowest BCUT2D eigenvalue weighted by atomic mass is 10.0. The minimum Gasteiger partial charge on any atom is -0.494 e. The van der Waals surface area contributed by atoms with Gasteiger partial charge < -0.3 is 16.2 Å². The van der Waals surface area contributed by atoms with Gasteiger partial charge in [0.05, 0.1) is 6.61 Å². The summed E-state index contributed by atoms with van der Waals surface area (Å²) in [7, 11) is 0. The molecule has 0 aromatic heterocycles. The smallest absolute Gasteiger partial charge is 0.124 e. The van der Waals surface area contributed by atoms with Gasteiger partial charge in [0.25, 0.3) is 0 Å². The van der Waals surface area contributed by atoms with E-state index in [0.717, 1.165) is 11.3 Å². The molecule has 0 heterocycles. The lowest BCUT2D eigenvalue weighted by Gasteiger charge is -2.15. The van der Waals surface area contributed by atoms with Crippen LogP contribution in [0.4, 0.5) is 0 Å². The zero-order valence-corrected chi connectivity index (χ0v) is 8.79. The fourth-order valence-corrected chi connectivity index (χ4v) is 1.37. The largest absolute Gasteiger partial charge is 0.494 e. The summed E-state index contributed by atoms with van der Waals surface area (Å²) in [5.41, 5.74) is 13.6. The molecule has 0 radical (unpaired) electrons. The second-order valence-electron chi connectivity index (χ2n) is 3.32. The van der Waals surface area contributed by atoms with Crippen LogP contribution in [-0.4, -0.2) is 13.2 Å². The zero-order chi connectivity index (χ0) is 10.6. The van der Waals surface area contributed by atoms with Gasteiger partial charge in [0, 0.05) is 18.2 Å². The Morgan fingerprint density at radius 1 is 1.43 bits per heavy atom. The Bertz CT molecular complexity index is 299. The quantitative estimate of drug-likeness (QED) is 0.760. The van der Waals surface area contributed by atoms with E-state index in [1.165, 1.54) is 5.56 Å². The molecule has 0 spiro atoms. The number of aryl methyl sites for hydroxylation is 1. The predicted octanol–water partition coefficient (Wildman–Crippen LogP) is 1.35. The highest BCUT2D eigenvalue weighted by Gasteiger charge is 2.10. The maximum atomic E-state index is 5.89. The minimum absolute atomic E-state index is 0.142. The van der Waals surface area contributed by atoms with E-state index in [2.05, 4.69) is 0 Å². The van der Waals surface area contributed by atoms with E-state index in [-0.39, 0.29) is 6.04 Å². The molecule has 14 heavy (non-hydrogen) atoms. The van der Waals surface area contributed by atoms with Gasteiger partial charge in [-0.25, -0.2) is 0 Å². The molecule has 3 nitrogen and oxygen atoms in total. The molecular weight excluding hydrogens is 176 g/mol. The van der Waals surface area contributed by atoms with Gasteiger partial charge >= 0.3 is 0 Å². The Morgan fingerprint density at radius 3 is 2.71 bits per heavy atom. The molecule has 0 saturated heterocycles. The topological polar surface area (TPSA) is 61.3 Å². The molecule has 0 fully saturated rings. The van der Waals surface area contributed by atoms with Crippen LogP contribution in [0.3, 0.4) is 0 Å². The molecule has 0 aliphatic rings. The summed E-state index contributed by atoms with van der Waals surface area (Å²) in [5, 5.41) is 0. The molecule has 1 aromatic rings. The van der Waals surface area contributed by atoms with Crippen LogP contribution >= 0.6 is 0 Å². The van der Waals surface area contributed by atoms with Gasteiger partial charge in [0.15, 0.2) is 0 Å². The first-order chi connectivity index (χ1) is 6.69. The van der Waals surface area contributed by atoms with Gasteiger partial charge in [-0.15, -0.1) is 0 Å². The van der Waals surface area contributed by atoms with Gasteiger partial charge in [-0.2, -0.15) is 0 Å². The number of benzene rings is 1. The van der Waals surface area contributed by atoms with Gasteiger partial charge in [-0.05, 0) is 19.9 Å². The van der Waals surface area contributed by atoms with Crippen molar-refractivity contribution in [1.29, 1.82) is 0 Å². The third kappa shape index (κ3) is 2.47. The van der Waals surface area contributed by atoms with E-state index in [4.69, 9.17) is 16.2 Å². The first-order valence-electron chi connectivity index (χ1n) is 4.88. The number of ether oxygens (including phenoxy) is 1. The minimum atomic E-state index is -0.142. The van der Waals surface area contributed by atoms with Crippen LogP contribution in [0.15, 0.2) is 18.2 Å². The maximum Gasteiger partial charge on any atom is 0.124 e. The average molecular weight is 194 g/mol. The van der Waals surface area contributed by atoms with Crippen molar-refractivity contribution < 1.29 is 4.74 Å². The summed E-state index contributed by atoms with van der Waals surface area (Å²) in [4.78, 5) is 0. The SMILES string of the molecule is CCOc1ccc(C)cc1C(N)CN. The number of rotatable bonds is 4. The van der Waals surface area contributed by atoms with Crippen molar-refractivity contribution in [2.75, 3.05) is 13.2 Å². The molecule has 1 aromatic carbocycles. The Balaban J connectivity index is 3.02. The van der Waals surface area contributed by atoms with E-state index in [0.29, 0.717) is 13.2 Å². The predicted molar refractivity (Wildman–Crippen MR) is 58.3 cm³/mol. The van der Waals surface area contributed by atoms with Crippen molar-refractivity contribution in [3.63, 3.8) is 0 Å². The first kappa shape index (κ1) is 11.0. The second-order valence-corrected chi connectivity index (χ2v) is 3.32. The van der Waals surface area contributed by atoms with Gasteiger partial charge in [-0.3, -0.25) is 0 Å². The number of hydrogen-bond acceptors (Lipinski definition) is 3. The van der Waals surface area contributed by atoms with Crippen molar-refractivity contribution in [2.45, 2.75) is 19.9 Å². The van der Waals surface area contributed by atoms with Crippen LogP contribution < -0.4 is 16.2 Å². The molecule has 1 unspecified atom stereocenters. The second kappa shape index (κ2) is 4.98. The van der Waals surface area contributed by atoms with E-state index >= 15 is 0 Å². The van der Waals surface area contributed by atoms with Crippen LogP contribution in [0.25, 0.3) is 0 Å². The van der Waals surface area contributed by atoms with Crippen LogP contribution in [0.2, 0.25) is 0 Å². The van der Waals surface area contributed by atoms with Crippen LogP contribution in [0.5, 0.6) is 5.75 Å². The summed E-state index contributed by atoms with van der Waals surface area (Å²) >= 11 is 0. The zero-order valence-electron chi connectivity index (χ0n) is 8.79. The monoisotopic (exact) mass is 194 g/mol. The fraction of sp³-hybridized carbons (Fsp3) is 0.455. The molecule has 0 aliphatic heterocycles. The summed E-state index contributed by atoms with van der Waals surface area (Å²) in [6.07, 6.45) is 0. The third-order valence-electron chi connectivity index (χ3n) is 2.12. The highest BCUT2D eigenvalue weighted by molar-refractivity contribution is 5.39. The Labute approximate surface area is 85.0 Å². The van der Waals surface area contributed by atoms with Crippen LogP contribution in [0, 0.1) is 6.92 Å². The molecular formula is C11H18N2O. The van der Waals surface area contributed by atoms with Crippen molar-refractivity contribution >= 4 is 0 Å². The summed E-state index contributed by atoms with van der Waals surface area (Å²) in [6, 6.07) is 5.85. The molecule has 4 N–H and O–H groups in total. The summed E-state index contributed by atoms with van der Waals surface area (Å²) < 4.78 is 5.48. The van der Waals surface area contributed by atoms with Crippen LogP contribution in [0.1, 0.15) is 24.1 Å². The van der Waals surface area contributed by atoms with E-state index in [9.17, 15) is 0 Å². The van der Waals surface area contributed by atoms with E-state index in [1.807, 2.05) is 32.0 Å². The molecule has 0 amide bonds. The normalized spacial score (nSPS) is 12.6. The fourth-order valence-electron chi connectivity index (χ4n) is 1.37. The molecule has 0 bridgehead atoms. The molecule has 1 atom stereocenters. The lowest BCUT2D eigenvalue weighted by Crippen LogP contribution is -2.21. The van der Waals surface area contributed by atoms with Crippen LogP contribution in [-0.2, 0) is 0 Å². The number of nitrogens with two attached hydrogens (primary N) is 2. The van der Waals surface area contributed by atoms with Gasteiger partial charge in [0.2, 0.25) is 0 Å². The molecule has 78 valence electrons. The van der Waals surface area contributed by atoms with E-state index in [1.54, 1.807) is 0 Å². The molecule has 3 heteroatoms. The van der Waals surface area contributed by atoms with Crippen molar-refractivity contribution in [3.05, 3.63) is 29.3 Å². The summed E-state index contributed by atoms with van der Waals surface area (Å²) in [5.74, 6) is 0.844. The van der Waals surface area contributed by atoms with E-state index < -0.39 is 0 Å². The van der Waals surface area contributed by atoms with Crippen molar-refractivity contribution in [3.8, 4) is 5.75 Å². The average Bonchev–Trinajstić information content (AvgIpc) is 2.20.